The molecule has 1 aliphatic carbocycles. The monoisotopic (exact) mass is 190 g/mol. The fourth-order valence-electron chi connectivity index (χ4n) is 1.66. The van der Waals surface area contributed by atoms with Gasteiger partial charge in [-0.2, -0.15) is 0 Å². The molecule has 0 heteroatoms. The second-order valence-electron chi connectivity index (χ2n) is 4.75. The molecule has 14 heavy (non-hydrogen) atoms. The Morgan fingerprint density at radius 2 is 1.57 bits per heavy atom. The Hall–Kier alpha value is -0.780. The van der Waals surface area contributed by atoms with Crippen LogP contribution >= 0.6 is 0 Å². The Balaban J connectivity index is 2.65. The van der Waals surface area contributed by atoms with E-state index in [2.05, 4.69) is 44.7 Å². The maximum Gasteiger partial charge on any atom is -0.0113 e. The van der Waals surface area contributed by atoms with Crippen molar-refractivity contribution in [3.63, 3.8) is 0 Å². The first kappa shape index (κ1) is 11.3. The highest BCUT2D eigenvalue weighted by atomic mass is 14.2. The molecular formula is C14H22. The zero-order valence-corrected chi connectivity index (χ0v) is 9.55. The summed E-state index contributed by atoms with van der Waals surface area (Å²) >= 11 is 0. The maximum absolute atomic E-state index is 4.20. The van der Waals surface area contributed by atoms with Crippen LogP contribution in [0, 0.1) is 5.41 Å². The van der Waals surface area contributed by atoms with E-state index in [1.807, 2.05) is 0 Å². The van der Waals surface area contributed by atoms with Crippen LogP contribution in [0.3, 0.4) is 0 Å². The number of rotatable bonds is 0. The van der Waals surface area contributed by atoms with Gasteiger partial charge < -0.3 is 0 Å². The first-order valence-corrected chi connectivity index (χ1v) is 5.61. The fraction of sp³-hybridized carbons (Fsp3) is 0.571. The SMILES string of the molecule is C=C1CC/C=C/CC/C=C/CC1(C)C. The lowest BCUT2D eigenvalue weighted by molar-refractivity contribution is 0.438. The average Bonchev–Trinajstić information content (AvgIpc) is 2.16. The third-order valence-corrected chi connectivity index (χ3v) is 3.03. The molecule has 0 aromatic carbocycles. The van der Waals surface area contributed by atoms with Crippen LogP contribution in [0.1, 0.15) is 46.0 Å². The first-order chi connectivity index (χ1) is 6.63. The molecule has 0 aromatic rings. The molecule has 0 saturated carbocycles. The Morgan fingerprint density at radius 3 is 2.29 bits per heavy atom. The molecule has 0 amide bonds. The molecule has 78 valence electrons. The Kier molecular flexibility index (Phi) is 4.19. The van der Waals surface area contributed by atoms with Crippen LogP contribution in [-0.4, -0.2) is 0 Å². The molecule has 0 unspecified atom stereocenters. The lowest BCUT2D eigenvalue weighted by Crippen LogP contribution is -2.12. The summed E-state index contributed by atoms with van der Waals surface area (Å²) in [6.07, 6.45) is 15.0. The molecule has 0 N–H and O–H groups in total. The van der Waals surface area contributed by atoms with Crippen LogP contribution < -0.4 is 0 Å². The second kappa shape index (κ2) is 5.19. The number of hydrogen-bond donors (Lipinski definition) is 0. The van der Waals surface area contributed by atoms with Crippen molar-refractivity contribution in [2.75, 3.05) is 0 Å². The van der Waals surface area contributed by atoms with Crippen molar-refractivity contribution < 1.29 is 0 Å². The molecular weight excluding hydrogens is 168 g/mol. The summed E-state index contributed by atoms with van der Waals surface area (Å²) in [6.45, 7) is 8.79. The highest BCUT2D eigenvalue weighted by Crippen LogP contribution is 2.32. The Bertz CT molecular complexity index is 241. The molecule has 0 radical (unpaired) electrons. The van der Waals surface area contributed by atoms with Gasteiger partial charge in [0, 0.05) is 0 Å². The molecule has 0 nitrogen and oxygen atoms in total. The van der Waals surface area contributed by atoms with E-state index in [9.17, 15) is 0 Å². The lowest BCUT2D eigenvalue weighted by Gasteiger charge is -2.25. The lowest BCUT2D eigenvalue weighted by atomic mass is 9.80. The largest absolute Gasteiger partial charge is 0.0993 e. The summed E-state index contributed by atoms with van der Waals surface area (Å²) in [5.41, 5.74) is 1.66. The van der Waals surface area contributed by atoms with E-state index in [-0.39, 0.29) is 5.41 Å². The van der Waals surface area contributed by atoms with Crippen molar-refractivity contribution in [3.8, 4) is 0 Å². The van der Waals surface area contributed by atoms with Gasteiger partial charge in [0.15, 0.2) is 0 Å². The van der Waals surface area contributed by atoms with E-state index < -0.39 is 0 Å². The minimum atomic E-state index is 0.272. The van der Waals surface area contributed by atoms with Gasteiger partial charge in [-0.1, -0.05) is 50.3 Å². The topological polar surface area (TPSA) is 0 Å². The van der Waals surface area contributed by atoms with Gasteiger partial charge in [0.25, 0.3) is 0 Å². The third-order valence-electron chi connectivity index (χ3n) is 3.03. The molecule has 0 saturated heterocycles. The van der Waals surface area contributed by atoms with Crippen LogP contribution in [0.4, 0.5) is 0 Å². The quantitative estimate of drug-likeness (QED) is 0.488. The van der Waals surface area contributed by atoms with Gasteiger partial charge in [-0.05, 0) is 37.5 Å². The number of allylic oxidation sites excluding steroid dienone is 5. The molecule has 0 aliphatic heterocycles. The van der Waals surface area contributed by atoms with E-state index >= 15 is 0 Å². The smallest absolute Gasteiger partial charge is 0.0113 e. The Labute approximate surface area is 88.4 Å². The minimum Gasteiger partial charge on any atom is -0.0993 e. The highest BCUT2D eigenvalue weighted by molar-refractivity contribution is 5.11. The molecule has 0 atom stereocenters. The summed E-state index contributed by atoms with van der Waals surface area (Å²) in [4.78, 5) is 0. The summed E-state index contributed by atoms with van der Waals surface area (Å²) in [7, 11) is 0. The van der Waals surface area contributed by atoms with Crippen molar-refractivity contribution in [2.24, 2.45) is 5.41 Å². The van der Waals surface area contributed by atoms with Crippen LogP contribution in [0.5, 0.6) is 0 Å². The van der Waals surface area contributed by atoms with E-state index in [1.165, 1.54) is 18.4 Å². The third kappa shape index (κ3) is 3.53. The Morgan fingerprint density at radius 1 is 1.00 bits per heavy atom. The minimum absolute atomic E-state index is 0.272. The average molecular weight is 190 g/mol. The summed E-state index contributed by atoms with van der Waals surface area (Å²) in [5, 5.41) is 0. The zero-order chi connectivity index (χ0) is 10.4. The van der Waals surface area contributed by atoms with Gasteiger partial charge in [-0.25, -0.2) is 0 Å². The predicted octanol–water partition coefficient (Wildman–Crippen LogP) is 4.65. The van der Waals surface area contributed by atoms with Gasteiger partial charge in [0.05, 0.1) is 0 Å². The van der Waals surface area contributed by atoms with Crippen molar-refractivity contribution in [1.29, 1.82) is 0 Å². The van der Waals surface area contributed by atoms with Crippen molar-refractivity contribution in [2.45, 2.75) is 46.0 Å². The fourth-order valence-corrected chi connectivity index (χ4v) is 1.66. The van der Waals surface area contributed by atoms with Gasteiger partial charge in [0.2, 0.25) is 0 Å². The molecule has 0 fully saturated rings. The van der Waals surface area contributed by atoms with Gasteiger partial charge in [-0.15, -0.1) is 0 Å². The van der Waals surface area contributed by atoms with Gasteiger partial charge >= 0.3 is 0 Å². The summed E-state index contributed by atoms with van der Waals surface area (Å²) in [5.74, 6) is 0. The van der Waals surface area contributed by atoms with Crippen molar-refractivity contribution >= 4 is 0 Å². The molecule has 0 heterocycles. The van der Waals surface area contributed by atoms with Crippen LogP contribution in [-0.2, 0) is 0 Å². The van der Waals surface area contributed by atoms with Crippen LogP contribution in [0.25, 0.3) is 0 Å². The van der Waals surface area contributed by atoms with Crippen molar-refractivity contribution in [1.82, 2.24) is 0 Å². The van der Waals surface area contributed by atoms with Gasteiger partial charge in [0.1, 0.15) is 0 Å². The van der Waals surface area contributed by atoms with E-state index in [4.69, 9.17) is 0 Å². The van der Waals surface area contributed by atoms with Gasteiger partial charge in [-0.3, -0.25) is 0 Å². The zero-order valence-electron chi connectivity index (χ0n) is 9.55. The van der Waals surface area contributed by atoms with Crippen LogP contribution in [0.2, 0.25) is 0 Å². The second-order valence-corrected chi connectivity index (χ2v) is 4.75. The maximum atomic E-state index is 4.20. The standard InChI is InChI=1S/C14H22/c1-13-11-9-7-5-4-6-8-10-12-14(13,2)3/h5,7-8,10H,1,4,6,9,11-12H2,2-3H3/b7-5+,10-8+. The van der Waals surface area contributed by atoms with Crippen LogP contribution in [0.15, 0.2) is 36.5 Å². The highest BCUT2D eigenvalue weighted by Gasteiger charge is 2.19. The first-order valence-electron chi connectivity index (χ1n) is 5.61. The molecule has 1 rings (SSSR count). The molecule has 0 bridgehead atoms. The molecule has 1 aliphatic rings. The molecule has 0 aromatic heterocycles. The summed E-state index contributed by atoms with van der Waals surface area (Å²) in [6, 6.07) is 0. The summed E-state index contributed by atoms with van der Waals surface area (Å²) < 4.78 is 0. The predicted molar refractivity (Wildman–Crippen MR) is 64.3 cm³/mol. The van der Waals surface area contributed by atoms with E-state index in [1.54, 1.807) is 0 Å². The number of hydrogen-bond acceptors (Lipinski definition) is 0. The van der Waals surface area contributed by atoms with E-state index in [0.717, 1.165) is 19.3 Å². The van der Waals surface area contributed by atoms with Crippen molar-refractivity contribution in [3.05, 3.63) is 36.5 Å². The molecule has 0 spiro atoms. The van der Waals surface area contributed by atoms with E-state index in [0.29, 0.717) is 0 Å². The normalized spacial score (nSPS) is 27.7.